The van der Waals surface area contributed by atoms with Gasteiger partial charge in [-0.05, 0) is 62.6 Å². The zero-order valence-corrected chi connectivity index (χ0v) is 25.2. The number of aromatic nitrogens is 1. The number of aryl methyl sites for hydroxylation is 1. The summed E-state index contributed by atoms with van der Waals surface area (Å²) in [6.45, 7) is 6.81. The molecule has 3 aromatic rings. The molecule has 0 aliphatic heterocycles. The second-order valence-corrected chi connectivity index (χ2v) is 9.97. The molecule has 0 radical (unpaired) electrons. The Morgan fingerprint density at radius 1 is 1.02 bits per heavy atom. The van der Waals surface area contributed by atoms with Gasteiger partial charge >= 0.3 is 5.97 Å². The van der Waals surface area contributed by atoms with Gasteiger partial charge < -0.3 is 30.7 Å². The summed E-state index contributed by atoms with van der Waals surface area (Å²) in [7, 11) is 0. The number of amidine groups is 1. The van der Waals surface area contributed by atoms with E-state index in [1.54, 1.807) is 26.0 Å². The number of aromatic amines is 1. The standard InChI is InChI=1S/C31H38N6O7/c1-5-13-33-29(39)23-8-7-20(3)26(15-23)37(42,18-43-19-44-31(41)22-9-11-24(38)12-10-22)28(36-17-32)27-21(4)25(16-35-27)30(40)34-14-6-2/h7-12,15-17,32,35,38H,5-6,13-14,18-19H2,1-4H3,(H,33,39)(H,34,40). The lowest BCUT2D eigenvalue weighted by molar-refractivity contribution is -0.0472. The molecule has 2 amide bonds. The molecule has 13 nitrogen and oxygen atoms in total. The Morgan fingerprint density at radius 3 is 2.30 bits per heavy atom. The number of nitrogens with zero attached hydrogens (tertiary/aromatic N) is 2. The van der Waals surface area contributed by atoms with E-state index in [2.05, 4.69) is 20.6 Å². The Balaban J connectivity index is 2.03. The molecule has 3 rings (SSSR count). The minimum Gasteiger partial charge on any atom is -0.619 e. The molecule has 0 saturated heterocycles. The van der Waals surface area contributed by atoms with Gasteiger partial charge in [-0.2, -0.15) is 4.99 Å². The van der Waals surface area contributed by atoms with Crippen molar-refractivity contribution >= 4 is 35.6 Å². The molecular formula is C31H38N6O7. The van der Waals surface area contributed by atoms with Gasteiger partial charge in [-0.3, -0.25) is 24.4 Å². The van der Waals surface area contributed by atoms with Crippen LogP contribution in [-0.4, -0.2) is 66.7 Å². The molecule has 0 saturated carbocycles. The number of quaternary nitrogens is 1. The molecule has 0 aliphatic rings. The van der Waals surface area contributed by atoms with Crippen molar-refractivity contribution in [2.24, 2.45) is 4.99 Å². The lowest BCUT2D eigenvalue weighted by Gasteiger charge is -2.41. The van der Waals surface area contributed by atoms with Crippen LogP contribution in [0.5, 0.6) is 5.75 Å². The number of phenols is 1. The van der Waals surface area contributed by atoms with Gasteiger partial charge in [0.2, 0.25) is 0 Å². The summed E-state index contributed by atoms with van der Waals surface area (Å²) in [4.78, 5) is 45.1. The van der Waals surface area contributed by atoms with Crippen LogP contribution in [0.4, 0.5) is 5.69 Å². The average molecular weight is 607 g/mol. The lowest BCUT2D eigenvalue weighted by atomic mass is 10.1. The summed E-state index contributed by atoms with van der Waals surface area (Å²) in [5.74, 6) is -1.69. The first-order chi connectivity index (χ1) is 21.1. The Bertz CT molecular complexity index is 1520. The maximum absolute atomic E-state index is 15.0. The van der Waals surface area contributed by atoms with E-state index in [0.717, 1.165) is 12.8 Å². The van der Waals surface area contributed by atoms with Gasteiger partial charge in [0.15, 0.2) is 13.5 Å². The SMILES string of the molecule is CCCNC(=O)c1ccc(C)c([N+]([O-])(COCOC(=O)c2ccc(O)cc2)C(=NC=N)c2[nH]cc(C(=O)NCCC)c2C)c1. The predicted molar refractivity (Wildman–Crippen MR) is 167 cm³/mol. The van der Waals surface area contributed by atoms with Crippen LogP contribution in [0.2, 0.25) is 0 Å². The van der Waals surface area contributed by atoms with Crippen LogP contribution in [-0.2, 0) is 9.47 Å². The lowest BCUT2D eigenvalue weighted by Crippen LogP contribution is -2.52. The van der Waals surface area contributed by atoms with E-state index in [1.807, 2.05) is 13.8 Å². The van der Waals surface area contributed by atoms with E-state index in [1.165, 1.54) is 36.5 Å². The minimum atomic E-state index is -1.43. The van der Waals surface area contributed by atoms with Crippen molar-refractivity contribution in [1.82, 2.24) is 20.3 Å². The maximum atomic E-state index is 15.0. The molecule has 0 spiro atoms. The van der Waals surface area contributed by atoms with Crippen LogP contribution < -0.4 is 15.3 Å². The van der Waals surface area contributed by atoms with Gasteiger partial charge in [0, 0.05) is 36.5 Å². The van der Waals surface area contributed by atoms with Crippen LogP contribution in [0, 0.1) is 24.5 Å². The molecular weight excluding hydrogens is 568 g/mol. The fraction of sp³-hybridized carbons (Fsp3) is 0.323. The van der Waals surface area contributed by atoms with Crippen LogP contribution in [0.15, 0.2) is 53.7 Å². The number of hydroxylamine groups is 2. The van der Waals surface area contributed by atoms with Crippen LogP contribution in [0.25, 0.3) is 0 Å². The van der Waals surface area contributed by atoms with Crippen LogP contribution >= 0.6 is 0 Å². The second kappa shape index (κ2) is 15.6. The van der Waals surface area contributed by atoms with E-state index in [9.17, 15) is 19.5 Å². The zero-order valence-electron chi connectivity index (χ0n) is 25.2. The van der Waals surface area contributed by atoms with Crippen molar-refractivity contribution in [3.05, 3.63) is 87.4 Å². The third kappa shape index (κ3) is 7.95. The molecule has 1 aromatic heterocycles. The quantitative estimate of drug-likeness (QED) is 0.0344. The predicted octanol–water partition coefficient (Wildman–Crippen LogP) is 4.26. The molecule has 1 heterocycles. The minimum absolute atomic E-state index is 0.0177. The van der Waals surface area contributed by atoms with Crippen LogP contribution in [0.1, 0.15) is 74.6 Å². The summed E-state index contributed by atoms with van der Waals surface area (Å²) < 4.78 is 9.35. The first-order valence-corrected chi connectivity index (χ1v) is 14.1. The van der Waals surface area contributed by atoms with Gasteiger partial charge in [-0.15, -0.1) is 0 Å². The molecule has 0 bridgehead atoms. The van der Waals surface area contributed by atoms with E-state index in [-0.39, 0.29) is 45.9 Å². The van der Waals surface area contributed by atoms with Gasteiger partial charge in [-0.1, -0.05) is 19.9 Å². The molecule has 234 valence electrons. The highest BCUT2D eigenvalue weighted by atomic mass is 16.7. The number of hydrogen-bond donors (Lipinski definition) is 5. The Hall–Kier alpha value is -4.85. The summed E-state index contributed by atoms with van der Waals surface area (Å²) >= 11 is 0. The molecule has 2 aromatic carbocycles. The highest BCUT2D eigenvalue weighted by molar-refractivity contribution is 6.11. The number of carbonyl (C=O) groups is 3. The number of phenolic OH excluding ortho intramolecular Hbond substituents is 1. The van der Waals surface area contributed by atoms with Gasteiger partial charge in [0.25, 0.3) is 17.6 Å². The van der Waals surface area contributed by atoms with E-state index >= 15 is 5.21 Å². The number of benzene rings is 2. The third-order valence-electron chi connectivity index (χ3n) is 6.72. The van der Waals surface area contributed by atoms with E-state index < -0.39 is 24.1 Å². The number of amides is 2. The van der Waals surface area contributed by atoms with Crippen molar-refractivity contribution < 1.29 is 29.0 Å². The molecule has 1 atom stereocenters. The van der Waals surface area contributed by atoms with Crippen molar-refractivity contribution in [2.45, 2.75) is 40.5 Å². The molecule has 44 heavy (non-hydrogen) atoms. The number of nitrogens with one attached hydrogen (secondary N) is 4. The monoisotopic (exact) mass is 606 g/mol. The first kappa shape index (κ1) is 33.6. The smallest absolute Gasteiger partial charge is 0.340 e. The number of carbonyl (C=O) groups excluding carboxylic acids is 3. The summed E-state index contributed by atoms with van der Waals surface area (Å²) in [5.41, 5.74) is 1.89. The third-order valence-corrected chi connectivity index (χ3v) is 6.72. The Kier molecular flexibility index (Phi) is 11.9. The van der Waals surface area contributed by atoms with Crippen molar-refractivity contribution in [2.75, 3.05) is 26.6 Å². The van der Waals surface area contributed by atoms with Crippen molar-refractivity contribution in [3.63, 3.8) is 0 Å². The largest absolute Gasteiger partial charge is 0.619 e. The number of aliphatic imine (C=N–C) groups is 1. The number of esters is 1. The van der Waals surface area contributed by atoms with E-state index in [4.69, 9.17) is 14.9 Å². The second-order valence-electron chi connectivity index (χ2n) is 9.97. The normalized spacial score (nSPS) is 12.7. The summed E-state index contributed by atoms with van der Waals surface area (Å²) in [6.07, 6.45) is 3.62. The fourth-order valence-electron chi connectivity index (χ4n) is 4.36. The summed E-state index contributed by atoms with van der Waals surface area (Å²) in [5, 5.41) is 37.8. The van der Waals surface area contributed by atoms with Gasteiger partial charge in [0.1, 0.15) is 23.5 Å². The number of ether oxygens (including phenoxy) is 2. The molecule has 0 fully saturated rings. The molecule has 13 heteroatoms. The van der Waals surface area contributed by atoms with E-state index in [0.29, 0.717) is 36.1 Å². The Labute approximate surface area is 255 Å². The van der Waals surface area contributed by atoms with Gasteiger partial charge in [-0.25, -0.2) is 4.79 Å². The maximum Gasteiger partial charge on any atom is 0.340 e. The number of aromatic hydroxyl groups is 1. The zero-order chi connectivity index (χ0) is 32.3. The highest BCUT2D eigenvalue weighted by Crippen LogP contribution is 2.32. The van der Waals surface area contributed by atoms with Crippen LogP contribution in [0.3, 0.4) is 0 Å². The molecule has 0 aliphatic carbocycles. The highest BCUT2D eigenvalue weighted by Gasteiger charge is 2.35. The summed E-state index contributed by atoms with van der Waals surface area (Å²) in [6, 6.07) is 10.1. The van der Waals surface area contributed by atoms with Crippen molar-refractivity contribution in [3.8, 4) is 5.75 Å². The number of hydrogen-bond acceptors (Lipinski definition) is 8. The van der Waals surface area contributed by atoms with Gasteiger partial charge in [0.05, 0.1) is 11.1 Å². The number of rotatable bonds is 14. The first-order valence-electron chi connectivity index (χ1n) is 14.1. The Morgan fingerprint density at radius 2 is 1.66 bits per heavy atom. The molecule has 1 unspecified atom stereocenters. The number of H-pyrrole nitrogens is 1. The molecule has 5 N–H and O–H groups in total. The topological polar surface area (TPSA) is 189 Å². The average Bonchev–Trinajstić information content (AvgIpc) is 3.40. The fourth-order valence-corrected chi connectivity index (χ4v) is 4.36. The van der Waals surface area contributed by atoms with Crippen molar-refractivity contribution in [1.29, 1.82) is 5.41 Å².